The van der Waals surface area contributed by atoms with E-state index in [0.29, 0.717) is 54.3 Å². The van der Waals surface area contributed by atoms with Gasteiger partial charge in [-0.2, -0.15) is 4.98 Å². The van der Waals surface area contributed by atoms with E-state index in [4.69, 9.17) is 20.9 Å². The maximum atomic E-state index is 12.1. The summed E-state index contributed by atoms with van der Waals surface area (Å²) in [6.07, 6.45) is 0.539. The van der Waals surface area contributed by atoms with Gasteiger partial charge in [0.2, 0.25) is 5.95 Å². The molecule has 1 heterocycles. The number of nitrogen functional groups attached to an aromatic ring is 2. The van der Waals surface area contributed by atoms with Crippen LogP contribution >= 0.6 is 0 Å². The van der Waals surface area contributed by atoms with Crippen LogP contribution in [-0.4, -0.2) is 47.7 Å². The number of nitro groups is 1. The molecule has 0 bridgehead atoms. The molecule has 11 heteroatoms. The number of rotatable bonds is 11. The normalized spacial score (nSPS) is 10.8. The lowest BCUT2D eigenvalue weighted by Gasteiger charge is -2.20. The molecule has 11 nitrogen and oxygen atoms in total. The summed E-state index contributed by atoms with van der Waals surface area (Å²) in [5.74, 6) is -0.201. The lowest BCUT2D eigenvalue weighted by Crippen LogP contribution is -2.18. The monoisotopic (exact) mass is 494 g/mol. The first kappa shape index (κ1) is 26.4. The Kier molecular flexibility index (Phi) is 8.74. The largest absolute Gasteiger partial charge is 0.460 e. The summed E-state index contributed by atoms with van der Waals surface area (Å²) in [7, 11) is 1.76. The number of aryl methyl sites for hydroxylation is 1. The van der Waals surface area contributed by atoms with Crippen molar-refractivity contribution in [1.82, 2.24) is 9.97 Å². The van der Waals surface area contributed by atoms with Crippen LogP contribution in [0.15, 0.2) is 42.5 Å². The number of esters is 1. The Hall–Kier alpha value is -4.25. The van der Waals surface area contributed by atoms with Crippen molar-refractivity contribution in [2.24, 2.45) is 0 Å². The number of carbonyl (C=O) groups excluding carboxylic acids is 1. The van der Waals surface area contributed by atoms with Gasteiger partial charge in [0, 0.05) is 31.8 Å². The van der Waals surface area contributed by atoms with Crippen LogP contribution < -0.4 is 16.4 Å². The first-order valence-electron chi connectivity index (χ1n) is 11.5. The average molecular weight is 495 g/mol. The second-order valence-corrected chi connectivity index (χ2v) is 7.99. The molecule has 2 aromatic carbocycles. The molecule has 190 valence electrons. The van der Waals surface area contributed by atoms with Gasteiger partial charge >= 0.3 is 5.97 Å². The minimum absolute atomic E-state index is 0.0590. The first-order chi connectivity index (χ1) is 17.2. The highest BCUT2D eigenvalue weighted by molar-refractivity contribution is 5.89. The zero-order valence-electron chi connectivity index (χ0n) is 20.6. The summed E-state index contributed by atoms with van der Waals surface area (Å²) in [6, 6.07) is 11.8. The van der Waals surface area contributed by atoms with E-state index in [2.05, 4.69) is 9.97 Å². The third-order valence-electron chi connectivity index (χ3n) is 5.51. The minimum Gasteiger partial charge on any atom is -0.460 e. The van der Waals surface area contributed by atoms with Crippen molar-refractivity contribution in [3.63, 3.8) is 0 Å². The Bertz CT molecular complexity index is 1230. The minimum atomic E-state index is -0.434. The molecule has 0 saturated carbocycles. The zero-order chi connectivity index (χ0) is 26.2. The Morgan fingerprint density at radius 2 is 1.81 bits per heavy atom. The van der Waals surface area contributed by atoms with Crippen molar-refractivity contribution >= 4 is 29.1 Å². The van der Waals surface area contributed by atoms with Gasteiger partial charge in [-0.05, 0) is 42.7 Å². The summed E-state index contributed by atoms with van der Waals surface area (Å²) in [4.78, 5) is 33.6. The summed E-state index contributed by atoms with van der Waals surface area (Å²) >= 11 is 0. The average Bonchev–Trinajstić information content (AvgIpc) is 2.86. The molecular formula is C25H30N6O5. The van der Waals surface area contributed by atoms with Gasteiger partial charge in [-0.15, -0.1) is 0 Å². The quantitative estimate of drug-likeness (QED) is 0.174. The molecule has 0 aliphatic rings. The number of ether oxygens (including phenoxy) is 2. The van der Waals surface area contributed by atoms with Gasteiger partial charge in [0.05, 0.1) is 22.8 Å². The van der Waals surface area contributed by atoms with Gasteiger partial charge in [0.15, 0.2) is 0 Å². The molecular weight excluding hydrogens is 464 g/mol. The van der Waals surface area contributed by atoms with Crippen molar-refractivity contribution in [2.45, 2.75) is 26.8 Å². The van der Waals surface area contributed by atoms with Crippen LogP contribution in [-0.2, 0) is 22.4 Å². The predicted octanol–water partition coefficient (Wildman–Crippen LogP) is 3.61. The maximum Gasteiger partial charge on any atom is 0.338 e. The van der Waals surface area contributed by atoms with Gasteiger partial charge in [-0.3, -0.25) is 10.1 Å². The highest BCUT2D eigenvalue weighted by atomic mass is 16.6. The molecule has 1 aromatic heterocycles. The molecule has 0 atom stereocenters. The van der Waals surface area contributed by atoms with Crippen molar-refractivity contribution in [1.29, 1.82) is 0 Å². The molecule has 4 N–H and O–H groups in total. The summed E-state index contributed by atoms with van der Waals surface area (Å²) in [5.41, 5.74) is 15.1. The topological polar surface area (TPSA) is 160 Å². The molecule has 3 aromatic rings. The molecule has 0 spiro atoms. The molecule has 0 fully saturated rings. The lowest BCUT2D eigenvalue weighted by atomic mass is 10.0. The fourth-order valence-electron chi connectivity index (χ4n) is 3.79. The SMILES string of the molecule is CCOCCOC(=O)c1ccc(CN(C)c2ccc(-c3c(N)nc(N)nc3CC)cc2[N+](=O)[O-])cc1. The molecule has 36 heavy (non-hydrogen) atoms. The Labute approximate surface area is 209 Å². The van der Waals surface area contributed by atoms with E-state index in [0.717, 1.165) is 5.56 Å². The smallest absolute Gasteiger partial charge is 0.338 e. The van der Waals surface area contributed by atoms with E-state index in [1.54, 1.807) is 48.3 Å². The fourth-order valence-corrected chi connectivity index (χ4v) is 3.79. The highest BCUT2D eigenvalue weighted by Crippen LogP contribution is 2.36. The summed E-state index contributed by atoms with van der Waals surface area (Å²) < 4.78 is 10.3. The molecule has 0 saturated heterocycles. The number of nitrogens with two attached hydrogens (primary N) is 2. The molecule has 0 aliphatic carbocycles. The van der Waals surface area contributed by atoms with Gasteiger partial charge in [-0.25, -0.2) is 9.78 Å². The molecule has 0 unspecified atom stereocenters. The lowest BCUT2D eigenvalue weighted by molar-refractivity contribution is -0.384. The molecule has 3 rings (SSSR count). The number of aromatic nitrogens is 2. The van der Waals surface area contributed by atoms with Gasteiger partial charge < -0.3 is 25.8 Å². The van der Waals surface area contributed by atoms with Crippen LogP contribution in [0, 0.1) is 10.1 Å². The van der Waals surface area contributed by atoms with Crippen LogP contribution in [0.1, 0.15) is 35.5 Å². The van der Waals surface area contributed by atoms with Gasteiger partial charge in [0.25, 0.3) is 5.69 Å². The number of nitrogens with zero attached hydrogens (tertiary/aromatic N) is 4. The van der Waals surface area contributed by atoms with E-state index in [1.807, 2.05) is 13.8 Å². The van der Waals surface area contributed by atoms with Gasteiger partial charge in [0.1, 0.15) is 18.1 Å². The van der Waals surface area contributed by atoms with Crippen molar-refractivity contribution < 1.29 is 19.2 Å². The third-order valence-corrected chi connectivity index (χ3v) is 5.51. The molecule has 0 radical (unpaired) electrons. The Morgan fingerprint density at radius 1 is 1.08 bits per heavy atom. The van der Waals surface area contributed by atoms with Crippen molar-refractivity contribution in [2.75, 3.05) is 43.2 Å². The van der Waals surface area contributed by atoms with Crippen LogP contribution in [0.3, 0.4) is 0 Å². The Balaban J connectivity index is 1.80. The fraction of sp³-hybridized carbons (Fsp3) is 0.320. The number of hydrogen-bond acceptors (Lipinski definition) is 10. The zero-order valence-corrected chi connectivity index (χ0v) is 20.6. The molecule has 0 aliphatic heterocycles. The number of carbonyl (C=O) groups is 1. The highest BCUT2D eigenvalue weighted by Gasteiger charge is 2.21. The van der Waals surface area contributed by atoms with E-state index >= 15 is 0 Å². The molecule has 0 amide bonds. The van der Waals surface area contributed by atoms with E-state index < -0.39 is 10.9 Å². The summed E-state index contributed by atoms with van der Waals surface area (Å²) in [5, 5.41) is 11.9. The second kappa shape index (κ2) is 11.9. The van der Waals surface area contributed by atoms with E-state index in [9.17, 15) is 14.9 Å². The first-order valence-corrected chi connectivity index (χ1v) is 11.5. The maximum absolute atomic E-state index is 12.1. The number of benzene rings is 2. The number of nitro benzene ring substituents is 1. The standard InChI is InChI=1S/C25H30N6O5/c1-4-19-22(23(26)29-25(27)28-19)18-10-11-20(21(14-18)31(33)34)30(3)15-16-6-8-17(9-7-16)24(32)36-13-12-35-5-2/h6-11,14H,4-5,12-13,15H2,1-3H3,(H4,26,27,28,29). The van der Waals surface area contributed by atoms with Crippen LogP contribution in [0.25, 0.3) is 11.1 Å². The van der Waals surface area contributed by atoms with Crippen molar-refractivity contribution in [3.05, 3.63) is 69.4 Å². The number of anilines is 3. The van der Waals surface area contributed by atoms with E-state index in [1.165, 1.54) is 6.07 Å². The predicted molar refractivity (Wildman–Crippen MR) is 138 cm³/mol. The van der Waals surface area contributed by atoms with Crippen LogP contribution in [0.5, 0.6) is 0 Å². The number of hydrogen-bond donors (Lipinski definition) is 2. The Morgan fingerprint density at radius 3 is 2.44 bits per heavy atom. The summed E-state index contributed by atoms with van der Waals surface area (Å²) in [6.45, 7) is 5.24. The van der Waals surface area contributed by atoms with Crippen LogP contribution in [0.4, 0.5) is 23.1 Å². The third kappa shape index (κ3) is 6.25. The van der Waals surface area contributed by atoms with Crippen molar-refractivity contribution in [3.8, 4) is 11.1 Å². The van der Waals surface area contributed by atoms with Gasteiger partial charge in [-0.1, -0.05) is 25.1 Å². The second-order valence-electron chi connectivity index (χ2n) is 7.99. The van der Waals surface area contributed by atoms with E-state index in [-0.39, 0.29) is 24.1 Å². The van der Waals surface area contributed by atoms with Crippen LogP contribution in [0.2, 0.25) is 0 Å².